The highest BCUT2D eigenvalue weighted by Crippen LogP contribution is 2.22. The van der Waals surface area contributed by atoms with Crippen molar-refractivity contribution in [2.75, 3.05) is 0 Å². The van der Waals surface area contributed by atoms with Crippen molar-refractivity contribution < 1.29 is 13.5 Å². The molecule has 0 aliphatic heterocycles. The van der Waals surface area contributed by atoms with Crippen LogP contribution < -0.4 is 4.74 Å². The molecule has 1 heterocycles. The van der Waals surface area contributed by atoms with Gasteiger partial charge >= 0.3 is 6.01 Å². The van der Waals surface area contributed by atoms with Gasteiger partial charge in [-0.3, -0.25) is 0 Å². The molecule has 0 saturated carbocycles. The molecule has 6 heteroatoms. The van der Waals surface area contributed by atoms with E-state index in [0.29, 0.717) is 5.33 Å². The zero-order chi connectivity index (χ0) is 12.3. The van der Waals surface area contributed by atoms with Gasteiger partial charge in [0.2, 0.25) is 0 Å². The summed E-state index contributed by atoms with van der Waals surface area (Å²) in [6.45, 7) is 0. The largest absolute Gasteiger partial charge is 0.421 e. The van der Waals surface area contributed by atoms with E-state index < -0.39 is 11.6 Å². The van der Waals surface area contributed by atoms with Crippen molar-refractivity contribution in [2.45, 2.75) is 5.33 Å². The van der Waals surface area contributed by atoms with E-state index in [-0.39, 0.29) is 11.8 Å². The van der Waals surface area contributed by atoms with E-state index in [4.69, 9.17) is 4.74 Å². The number of benzene rings is 1. The van der Waals surface area contributed by atoms with Gasteiger partial charge in [0.05, 0.1) is 0 Å². The lowest BCUT2D eigenvalue weighted by atomic mass is 10.3. The van der Waals surface area contributed by atoms with Gasteiger partial charge in [-0.2, -0.15) is 0 Å². The zero-order valence-corrected chi connectivity index (χ0v) is 10.1. The molecule has 3 nitrogen and oxygen atoms in total. The summed E-state index contributed by atoms with van der Waals surface area (Å²) in [6.07, 6.45) is 3.07. The summed E-state index contributed by atoms with van der Waals surface area (Å²) in [7, 11) is 0. The van der Waals surface area contributed by atoms with Crippen molar-refractivity contribution in [1.29, 1.82) is 0 Å². The van der Waals surface area contributed by atoms with Gasteiger partial charge in [0.15, 0.2) is 11.6 Å². The highest BCUT2D eigenvalue weighted by molar-refractivity contribution is 9.08. The van der Waals surface area contributed by atoms with E-state index in [0.717, 1.165) is 23.8 Å². The fourth-order valence-corrected chi connectivity index (χ4v) is 1.41. The minimum Gasteiger partial charge on any atom is -0.421 e. The van der Waals surface area contributed by atoms with Gasteiger partial charge in [-0.15, -0.1) is 0 Å². The Kier molecular flexibility index (Phi) is 3.63. The van der Waals surface area contributed by atoms with Gasteiger partial charge in [-0.05, 0) is 17.7 Å². The topological polar surface area (TPSA) is 35.0 Å². The van der Waals surface area contributed by atoms with Crippen molar-refractivity contribution in [3.8, 4) is 11.8 Å². The maximum absolute atomic E-state index is 13.2. The molecule has 2 aromatic rings. The summed E-state index contributed by atoms with van der Waals surface area (Å²) < 4.78 is 31.2. The Morgan fingerprint density at radius 3 is 2.53 bits per heavy atom. The van der Waals surface area contributed by atoms with Crippen LogP contribution in [0.15, 0.2) is 30.6 Å². The monoisotopic (exact) mass is 300 g/mol. The number of hydrogen-bond donors (Lipinski definition) is 0. The van der Waals surface area contributed by atoms with Crippen LogP contribution in [0.4, 0.5) is 8.78 Å². The maximum Gasteiger partial charge on any atom is 0.321 e. The zero-order valence-electron chi connectivity index (χ0n) is 8.53. The fraction of sp³-hybridized carbons (Fsp3) is 0.0909. The molecule has 0 N–H and O–H groups in total. The molecule has 0 aliphatic rings. The molecule has 1 aromatic heterocycles. The van der Waals surface area contributed by atoms with Crippen LogP contribution in [0.3, 0.4) is 0 Å². The number of rotatable bonds is 3. The molecule has 0 aliphatic carbocycles. The Morgan fingerprint density at radius 1 is 1.18 bits per heavy atom. The van der Waals surface area contributed by atoms with Crippen LogP contribution in [-0.4, -0.2) is 9.97 Å². The predicted octanol–water partition coefficient (Wildman–Crippen LogP) is 3.44. The lowest BCUT2D eigenvalue weighted by Gasteiger charge is -2.04. The highest BCUT2D eigenvalue weighted by atomic mass is 79.9. The van der Waals surface area contributed by atoms with E-state index in [1.54, 1.807) is 0 Å². The van der Waals surface area contributed by atoms with Crippen molar-refractivity contribution >= 4 is 15.9 Å². The summed E-state index contributed by atoms with van der Waals surface area (Å²) in [6, 6.07) is 2.91. The second-order valence-corrected chi connectivity index (χ2v) is 3.75. The Balaban J connectivity index is 2.22. The molecule has 0 amide bonds. The summed E-state index contributed by atoms with van der Waals surface area (Å²) in [5.74, 6) is -1.49. The molecule has 17 heavy (non-hydrogen) atoms. The van der Waals surface area contributed by atoms with Gasteiger partial charge in [0, 0.05) is 23.8 Å². The molecule has 2 rings (SSSR count). The van der Waals surface area contributed by atoms with E-state index in [1.165, 1.54) is 12.4 Å². The van der Waals surface area contributed by atoms with Crippen molar-refractivity contribution in [1.82, 2.24) is 9.97 Å². The summed E-state index contributed by atoms with van der Waals surface area (Å²) in [5, 5.41) is 0.613. The van der Waals surface area contributed by atoms with Crippen molar-refractivity contribution in [3.63, 3.8) is 0 Å². The van der Waals surface area contributed by atoms with E-state index in [1.807, 2.05) is 0 Å². The first-order chi connectivity index (χ1) is 8.19. The number of halogens is 3. The lowest BCUT2D eigenvalue weighted by Crippen LogP contribution is -1.95. The summed E-state index contributed by atoms with van der Waals surface area (Å²) in [5.41, 5.74) is 0.858. The molecule has 0 spiro atoms. The third kappa shape index (κ3) is 2.97. The summed E-state index contributed by atoms with van der Waals surface area (Å²) in [4.78, 5) is 7.73. The SMILES string of the molecule is Fc1ccc(F)c(Oc2ncc(CBr)cn2)c1. The minimum atomic E-state index is -0.667. The molecule has 88 valence electrons. The smallest absolute Gasteiger partial charge is 0.321 e. The average Bonchev–Trinajstić information content (AvgIpc) is 2.35. The molecule has 1 aromatic carbocycles. The molecule has 0 radical (unpaired) electrons. The van der Waals surface area contributed by atoms with E-state index in [9.17, 15) is 8.78 Å². The molecule has 0 fully saturated rings. The fourth-order valence-electron chi connectivity index (χ4n) is 1.12. The molecule has 0 saturated heterocycles. The first-order valence-electron chi connectivity index (χ1n) is 4.69. The molecular formula is C11H7BrF2N2O. The number of alkyl halides is 1. The number of ether oxygens (including phenoxy) is 1. The molecular weight excluding hydrogens is 294 g/mol. The third-order valence-electron chi connectivity index (χ3n) is 1.93. The Labute approximate surface area is 105 Å². The van der Waals surface area contributed by atoms with Crippen LogP contribution >= 0.6 is 15.9 Å². The quantitative estimate of drug-likeness (QED) is 0.815. The van der Waals surface area contributed by atoms with Gasteiger partial charge in [0.1, 0.15) is 5.82 Å². The Morgan fingerprint density at radius 2 is 1.88 bits per heavy atom. The Bertz CT molecular complexity index is 519. The summed E-state index contributed by atoms with van der Waals surface area (Å²) >= 11 is 3.24. The van der Waals surface area contributed by atoms with Crippen molar-refractivity contribution in [2.24, 2.45) is 0 Å². The minimum absolute atomic E-state index is 0.0285. The molecule has 0 bridgehead atoms. The second kappa shape index (κ2) is 5.18. The first kappa shape index (κ1) is 11.9. The van der Waals surface area contributed by atoms with Crippen LogP contribution in [0.2, 0.25) is 0 Å². The van der Waals surface area contributed by atoms with E-state index in [2.05, 4.69) is 25.9 Å². The standard InChI is InChI=1S/C11H7BrF2N2O/c12-4-7-5-15-11(16-6-7)17-10-3-8(13)1-2-9(10)14/h1-3,5-6H,4H2. The van der Waals surface area contributed by atoms with Crippen LogP contribution in [0.1, 0.15) is 5.56 Å². The normalized spacial score (nSPS) is 10.3. The van der Waals surface area contributed by atoms with Crippen LogP contribution in [0.5, 0.6) is 11.8 Å². The van der Waals surface area contributed by atoms with Gasteiger partial charge < -0.3 is 4.74 Å². The predicted molar refractivity (Wildman–Crippen MR) is 61.1 cm³/mol. The van der Waals surface area contributed by atoms with Crippen LogP contribution in [0, 0.1) is 11.6 Å². The Hall–Kier alpha value is -1.56. The van der Waals surface area contributed by atoms with Crippen molar-refractivity contribution in [3.05, 3.63) is 47.8 Å². The average molecular weight is 301 g/mol. The molecule has 0 atom stereocenters. The van der Waals surface area contributed by atoms with Gasteiger partial charge in [-0.1, -0.05) is 15.9 Å². The van der Waals surface area contributed by atoms with Crippen LogP contribution in [0.25, 0.3) is 0 Å². The number of hydrogen-bond acceptors (Lipinski definition) is 3. The highest BCUT2D eigenvalue weighted by Gasteiger charge is 2.07. The van der Waals surface area contributed by atoms with E-state index >= 15 is 0 Å². The lowest BCUT2D eigenvalue weighted by molar-refractivity contribution is 0.406. The van der Waals surface area contributed by atoms with Gasteiger partial charge in [0.25, 0.3) is 0 Å². The maximum atomic E-state index is 13.2. The second-order valence-electron chi connectivity index (χ2n) is 3.18. The number of nitrogens with zero attached hydrogens (tertiary/aromatic N) is 2. The first-order valence-corrected chi connectivity index (χ1v) is 5.81. The number of aromatic nitrogens is 2. The van der Waals surface area contributed by atoms with Crippen LogP contribution in [-0.2, 0) is 5.33 Å². The van der Waals surface area contributed by atoms with Gasteiger partial charge in [-0.25, -0.2) is 18.7 Å². The molecule has 0 unspecified atom stereocenters. The third-order valence-corrected chi connectivity index (χ3v) is 2.58.